The van der Waals surface area contributed by atoms with E-state index in [4.69, 9.17) is 16.1 Å². The monoisotopic (exact) mass is 640 g/mol. The van der Waals surface area contributed by atoms with Gasteiger partial charge in [-0.05, 0) is 63.6 Å². The Balaban J connectivity index is 1.94. The molecule has 0 saturated carbocycles. The van der Waals surface area contributed by atoms with Crippen LogP contribution < -0.4 is 10.6 Å². The zero-order chi connectivity index (χ0) is 30.7. The van der Waals surface area contributed by atoms with E-state index in [1.165, 1.54) is 24.4 Å². The van der Waals surface area contributed by atoms with Crippen LogP contribution in [0.1, 0.15) is 36.9 Å². The smallest absolute Gasteiger partial charge is 0.267 e. The number of benzene rings is 1. The molecule has 0 saturated heterocycles. The van der Waals surface area contributed by atoms with Gasteiger partial charge in [-0.15, -0.1) is 11.3 Å². The fourth-order valence-corrected chi connectivity index (χ4v) is 8.51. The van der Waals surface area contributed by atoms with Crippen molar-refractivity contribution in [1.82, 2.24) is 10.1 Å². The van der Waals surface area contributed by atoms with E-state index in [-0.39, 0.29) is 37.0 Å². The van der Waals surface area contributed by atoms with E-state index in [9.17, 15) is 21.6 Å². The molecule has 222 valence electrons. The van der Waals surface area contributed by atoms with Gasteiger partial charge in [0.1, 0.15) is 15.6 Å². The van der Waals surface area contributed by atoms with Crippen LogP contribution >= 0.6 is 22.9 Å². The van der Waals surface area contributed by atoms with Crippen LogP contribution in [0.25, 0.3) is 0 Å². The van der Waals surface area contributed by atoms with Crippen LogP contribution in [0.3, 0.4) is 0 Å². The Bertz CT molecular complexity index is 1740. The van der Waals surface area contributed by atoms with Crippen molar-refractivity contribution < 1.29 is 26.2 Å². The summed E-state index contributed by atoms with van der Waals surface area (Å²) in [5.74, 6) is -1.21. The first-order chi connectivity index (χ1) is 19.0. The number of anilines is 2. The number of hydrogen-bond donors (Lipinski definition) is 2. The highest BCUT2D eigenvalue weighted by molar-refractivity contribution is 7.92. The van der Waals surface area contributed by atoms with Gasteiger partial charge < -0.3 is 20.1 Å². The van der Waals surface area contributed by atoms with Crippen molar-refractivity contribution in [2.45, 2.75) is 44.4 Å². The topological polar surface area (TPSA) is 139 Å². The van der Waals surface area contributed by atoms with Gasteiger partial charge in [-0.2, -0.15) is 0 Å². The summed E-state index contributed by atoms with van der Waals surface area (Å²) in [6, 6.07) is 3.26. The number of aromatic nitrogens is 1. The molecular formula is C27H33ClN4O6S3. The number of nitrogens with zero attached hydrogens (tertiary/aromatic N) is 2. The van der Waals surface area contributed by atoms with Crippen LogP contribution in [0, 0.1) is 34.6 Å². The molecule has 0 unspecified atom stereocenters. The average Bonchev–Trinajstić information content (AvgIpc) is 3.35. The van der Waals surface area contributed by atoms with Gasteiger partial charge >= 0.3 is 0 Å². The summed E-state index contributed by atoms with van der Waals surface area (Å²) >= 11 is 7.10. The highest BCUT2D eigenvalue weighted by atomic mass is 35.5. The van der Waals surface area contributed by atoms with Crippen molar-refractivity contribution >= 4 is 60.1 Å². The second-order valence-electron chi connectivity index (χ2n) is 9.72. The molecule has 2 N–H and O–H groups in total. The van der Waals surface area contributed by atoms with E-state index >= 15 is 0 Å². The van der Waals surface area contributed by atoms with Crippen LogP contribution in [0.4, 0.5) is 11.6 Å². The summed E-state index contributed by atoms with van der Waals surface area (Å²) in [5.41, 5.74) is 2.31. The zero-order valence-corrected chi connectivity index (χ0v) is 27.0. The van der Waals surface area contributed by atoms with Crippen LogP contribution in [-0.2, 0) is 19.7 Å². The lowest BCUT2D eigenvalue weighted by Crippen LogP contribution is -2.19. The maximum atomic E-state index is 13.6. The van der Waals surface area contributed by atoms with E-state index in [1.807, 2.05) is 0 Å². The predicted octanol–water partition coefficient (Wildman–Crippen LogP) is 5.43. The molecule has 0 bridgehead atoms. The van der Waals surface area contributed by atoms with Crippen molar-refractivity contribution in [3.05, 3.63) is 73.8 Å². The number of amides is 1. The maximum Gasteiger partial charge on any atom is 0.267 e. The molecule has 41 heavy (non-hydrogen) atoms. The summed E-state index contributed by atoms with van der Waals surface area (Å²) in [6.07, 6.45) is 5.90. The molecule has 0 aliphatic heterocycles. The Morgan fingerprint density at radius 2 is 1.71 bits per heavy atom. The van der Waals surface area contributed by atoms with Crippen LogP contribution in [0.5, 0.6) is 0 Å². The van der Waals surface area contributed by atoms with E-state index in [1.54, 1.807) is 65.9 Å². The lowest BCUT2D eigenvalue weighted by atomic mass is 10.1. The van der Waals surface area contributed by atoms with Crippen molar-refractivity contribution in [1.29, 1.82) is 0 Å². The second-order valence-corrected chi connectivity index (χ2v) is 15.3. The minimum absolute atomic E-state index is 0.0221. The number of nitrogens with one attached hydrogen (secondary N) is 2. The molecule has 0 aliphatic carbocycles. The summed E-state index contributed by atoms with van der Waals surface area (Å²) in [5, 5.41) is 9.46. The van der Waals surface area contributed by atoms with Crippen molar-refractivity contribution in [2.24, 2.45) is 0 Å². The molecule has 0 fully saturated rings. The first-order valence-electron chi connectivity index (χ1n) is 12.4. The largest absolute Gasteiger partial charge is 0.384 e. The first-order valence-corrected chi connectivity index (χ1v) is 16.9. The fraction of sp³-hybridized carbons (Fsp3) is 0.333. The standard InChI is InChI=1S/C27H33ClN4O6S3/c1-16-14-17(2)23(21(15-16)40(34,35)13-9-11-32(6)7)30-26(33)24-25(18(3)20(5)39-24)41(36,37)12-8-10-29-27-22(28)19(4)31-38-27/h8-11,14-15,29H,12-13H2,1-7H3,(H,30,33). The highest BCUT2D eigenvalue weighted by Gasteiger charge is 2.30. The lowest BCUT2D eigenvalue weighted by Gasteiger charge is -2.16. The van der Waals surface area contributed by atoms with Gasteiger partial charge in [0.15, 0.2) is 19.7 Å². The van der Waals surface area contributed by atoms with Gasteiger partial charge in [0.05, 0.1) is 27.0 Å². The minimum atomic E-state index is -3.96. The molecule has 1 aromatic carbocycles. The zero-order valence-electron chi connectivity index (χ0n) is 23.8. The van der Waals surface area contributed by atoms with E-state index < -0.39 is 31.3 Å². The Hall–Kier alpha value is -3.13. The molecule has 0 aliphatic rings. The van der Waals surface area contributed by atoms with E-state index in [0.717, 1.165) is 11.3 Å². The summed E-state index contributed by atoms with van der Waals surface area (Å²) in [6.45, 7) is 8.49. The Labute approximate surface area is 249 Å². The quantitative estimate of drug-likeness (QED) is 0.281. The minimum Gasteiger partial charge on any atom is -0.384 e. The number of aryl methyl sites for hydroxylation is 4. The predicted molar refractivity (Wildman–Crippen MR) is 164 cm³/mol. The first kappa shape index (κ1) is 32.4. The molecular weight excluding hydrogens is 608 g/mol. The maximum absolute atomic E-state index is 13.6. The number of carbonyl (C=O) groups is 1. The number of halogens is 1. The number of sulfone groups is 2. The molecule has 3 rings (SSSR count). The second kappa shape index (κ2) is 12.8. The third-order valence-corrected chi connectivity index (χ3v) is 11.2. The third kappa shape index (κ3) is 7.59. The lowest BCUT2D eigenvalue weighted by molar-refractivity contribution is 0.102. The highest BCUT2D eigenvalue weighted by Crippen LogP contribution is 2.35. The fourth-order valence-electron chi connectivity index (χ4n) is 3.95. The van der Waals surface area contributed by atoms with E-state index in [2.05, 4.69) is 15.8 Å². The summed E-state index contributed by atoms with van der Waals surface area (Å²) < 4.78 is 58.4. The molecule has 0 spiro atoms. The Morgan fingerprint density at radius 3 is 2.32 bits per heavy atom. The van der Waals surface area contributed by atoms with E-state index in [0.29, 0.717) is 27.3 Å². The third-order valence-electron chi connectivity index (χ3n) is 6.02. The van der Waals surface area contributed by atoms with Crippen molar-refractivity contribution in [3.63, 3.8) is 0 Å². The van der Waals surface area contributed by atoms with Gasteiger partial charge in [0.2, 0.25) is 5.88 Å². The molecule has 2 aromatic heterocycles. The van der Waals surface area contributed by atoms with Gasteiger partial charge in [0.25, 0.3) is 5.91 Å². The summed E-state index contributed by atoms with van der Waals surface area (Å²) in [4.78, 5) is 15.8. The molecule has 0 atom stereocenters. The van der Waals surface area contributed by atoms with Crippen molar-refractivity contribution in [3.8, 4) is 0 Å². The average molecular weight is 641 g/mol. The van der Waals surface area contributed by atoms with Gasteiger partial charge in [-0.25, -0.2) is 16.8 Å². The van der Waals surface area contributed by atoms with Gasteiger partial charge in [-0.1, -0.05) is 35.0 Å². The van der Waals surface area contributed by atoms with Crippen molar-refractivity contribution in [2.75, 3.05) is 36.2 Å². The normalized spacial score (nSPS) is 12.4. The Morgan fingerprint density at radius 1 is 1.05 bits per heavy atom. The van der Waals surface area contributed by atoms with Crippen LogP contribution in [0.15, 0.2) is 51.0 Å². The SMILES string of the molecule is Cc1cc(C)c(NC(=O)c2sc(C)c(C)c2S(=O)(=O)CC=CNc2onc(C)c2Cl)c(S(=O)(=O)CC=CN(C)C)c1. The number of hydrogen-bond acceptors (Lipinski definition) is 10. The van der Waals surface area contributed by atoms with Gasteiger partial charge in [-0.3, -0.25) is 4.79 Å². The molecule has 1 amide bonds. The molecule has 3 aromatic rings. The number of rotatable bonds is 11. The molecule has 10 nitrogen and oxygen atoms in total. The molecule has 0 radical (unpaired) electrons. The number of thiophene rings is 1. The van der Waals surface area contributed by atoms with Crippen LogP contribution in [0.2, 0.25) is 5.02 Å². The molecule has 2 heterocycles. The van der Waals surface area contributed by atoms with Crippen LogP contribution in [-0.4, -0.2) is 58.4 Å². The summed E-state index contributed by atoms with van der Waals surface area (Å²) in [7, 11) is -4.22. The number of carbonyl (C=O) groups excluding carboxylic acids is 1. The van der Waals surface area contributed by atoms with Gasteiger partial charge in [0, 0.05) is 25.2 Å². The Kier molecular flexibility index (Phi) is 10.1. The molecule has 14 heteroatoms.